The van der Waals surface area contributed by atoms with E-state index < -0.39 is 0 Å². The number of hydrogen-bond donors (Lipinski definition) is 1. The minimum atomic E-state index is 0.0839. The predicted octanol–water partition coefficient (Wildman–Crippen LogP) is 4.25. The van der Waals surface area contributed by atoms with Crippen molar-refractivity contribution >= 4 is 5.91 Å². The minimum Gasteiger partial charge on any atom is -0.493 e. The molecule has 1 aliphatic rings. The molecule has 1 fully saturated rings. The van der Waals surface area contributed by atoms with Gasteiger partial charge in [-0.2, -0.15) is 5.10 Å². The van der Waals surface area contributed by atoms with Gasteiger partial charge in [-0.15, -0.1) is 0 Å². The molecule has 2 aromatic carbocycles. The molecule has 5 nitrogen and oxygen atoms in total. The quantitative estimate of drug-likeness (QED) is 0.742. The number of ether oxygens (including phenoxy) is 1. The lowest BCUT2D eigenvalue weighted by Crippen LogP contribution is -2.48. The molecule has 0 atom stereocenters. The first-order valence-electron chi connectivity index (χ1n) is 9.52. The fourth-order valence-electron chi connectivity index (χ4n) is 3.84. The zero-order valence-corrected chi connectivity index (χ0v) is 16.7. The van der Waals surface area contributed by atoms with Gasteiger partial charge in [0, 0.05) is 30.1 Å². The average molecular weight is 375 g/mol. The Morgan fingerprint density at radius 1 is 1.11 bits per heavy atom. The van der Waals surface area contributed by atoms with E-state index in [9.17, 15) is 4.79 Å². The predicted molar refractivity (Wildman–Crippen MR) is 110 cm³/mol. The van der Waals surface area contributed by atoms with Crippen LogP contribution in [0.3, 0.4) is 0 Å². The maximum atomic E-state index is 13.1. The van der Waals surface area contributed by atoms with Gasteiger partial charge < -0.3 is 9.64 Å². The number of amides is 1. The number of hydrogen-bond acceptors (Lipinski definition) is 3. The molecule has 0 radical (unpaired) electrons. The third-order valence-corrected chi connectivity index (χ3v) is 5.61. The standard InChI is InChI=1S/C23H25N3O2/c1-14-5-7-17(8-6-14)18-12-26(13-18)23(27)20-10-19(15(2)9-16(20)3)22-21(28-4)11-24-25-22/h5-11,18H,12-13H2,1-4H3,(H,24,25). The van der Waals surface area contributed by atoms with Gasteiger partial charge in [0.2, 0.25) is 0 Å². The third kappa shape index (κ3) is 3.17. The summed E-state index contributed by atoms with van der Waals surface area (Å²) in [6.45, 7) is 7.64. The highest BCUT2D eigenvalue weighted by Crippen LogP contribution is 2.34. The molecule has 1 amide bonds. The monoisotopic (exact) mass is 375 g/mol. The summed E-state index contributed by atoms with van der Waals surface area (Å²) in [5.41, 5.74) is 7.11. The Morgan fingerprint density at radius 2 is 1.82 bits per heavy atom. The number of rotatable bonds is 4. The van der Waals surface area contributed by atoms with Gasteiger partial charge in [-0.05, 0) is 43.5 Å². The van der Waals surface area contributed by atoms with Crippen molar-refractivity contribution in [3.8, 4) is 17.0 Å². The summed E-state index contributed by atoms with van der Waals surface area (Å²) in [4.78, 5) is 15.1. The van der Waals surface area contributed by atoms with Gasteiger partial charge in [0.1, 0.15) is 5.69 Å². The molecule has 5 heteroatoms. The average Bonchev–Trinajstić information content (AvgIpc) is 3.10. The number of H-pyrrole nitrogens is 1. The van der Waals surface area contributed by atoms with Crippen molar-refractivity contribution in [1.29, 1.82) is 0 Å². The molecule has 0 saturated carbocycles. The molecule has 1 aromatic heterocycles. The zero-order chi connectivity index (χ0) is 19.8. The number of likely N-dealkylation sites (tertiary alicyclic amines) is 1. The van der Waals surface area contributed by atoms with Crippen molar-refractivity contribution in [2.45, 2.75) is 26.7 Å². The highest BCUT2D eigenvalue weighted by molar-refractivity contribution is 5.98. The van der Waals surface area contributed by atoms with Crippen LogP contribution in [-0.4, -0.2) is 41.2 Å². The normalized spacial score (nSPS) is 14.1. The van der Waals surface area contributed by atoms with E-state index in [-0.39, 0.29) is 5.91 Å². The number of benzene rings is 2. The van der Waals surface area contributed by atoms with E-state index in [0.717, 1.165) is 41.0 Å². The van der Waals surface area contributed by atoms with Crippen molar-refractivity contribution < 1.29 is 9.53 Å². The highest BCUT2D eigenvalue weighted by atomic mass is 16.5. The number of carbonyl (C=O) groups excluding carboxylic acids is 1. The number of nitrogens with zero attached hydrogens (tertiary/aromatic N) is 2. The van der Waals surface area contributed by atoms with Crippen molar-refractivity contribution in [2.24, 2.45) is 0 Å². The zero-order valence-electron chi connectivity index (χ0n) is 16.7. The second kappa shape index (κ2) is 7.15. The summed E-state index contributed by atoms with van der Waals surface area (Å²) in [5.74, 6) is 1.18. The largest absolute Gasteiger partial charge is 0.493 e. The van der Waals surface area contributed by atoms with Crippen molar-refractivity contribution in [3.05, 3.63) is 70.4 Å². The van der Waals surface area contributed by atoms with Crippen LogP contribution in [0.4, 0.5) is 0 Å². The van der Waals surface area contributed by atoms with E-state index in [0.29, 0.717) is 11.7 Å². The van der Waals surface area contributed by atoms with Gasteiger partial charge in [0.25, 0.3) is 5.91 Å². The Labute approximate surface area is 165 Å². The van der Waals surface area contributed by atoms with Crippen LogP contribution in [0.1, 0.15) is 38.5 Å². The molecular weight excluding hydrogens is 350 g/mol. The second-order valence-corrected chi connectivity index (χ2v) is 7.61. The Hall–Kier alpha value is -3.08. The van der Waals surface area contributed by atoms with Crippen LogP contribution in [0.2, 0.25) is 0 Å². The van der Waals surface area contributed by atoms with Crippen LogP contribution >= 0.6 is 0 Å². The van der Waals surface area contributed by atoms with Crippen LogP contribution < -0.4 is 4.74 Å². The van der Waals surface area contributed by atoms with Gasteiger partial charge in [0.15, 0.2) is 5.75 Å². The summed E-state index contributed by atoms with van der Waals surface area (Å²) in [6, 6.07) is 12.6. The van der Waals surface area contributed by atoms with E-state index in [1.54, 1.807) is 13.3 Å². The molecule has 1 saturated heterocycles. The van der Waals surface area contributed by atoms with E-state index in [1.165, 1.54) is 11.1 Å². The number of aryl methyl sites for hydroxylation is 3. The van der Waals surface area contributed by atoms with E-state index >= 15 is 0 Å². The third-order valence-electron chi connectivity index (χ3n) is 5.61. The smallest absolute Gasteiger partial charge is 0.254 e. The lowest BCUT2D eigenvalue weighted by molar-refractivity contribution is 0.0601. The number of aromatic amines is 1. The fraction of sp³-hybridized carbons (Fsp3) is 0.304. The van der Waals surface area contributed by atoms with E-state index in [1.807, 2.05) is 24.8 Å². The Morgan fingerprint density at radius 3 is 2.50 bits per heavy atom. The Balaban J connectivity index is 1.57. The van der Waals surface area contributed by atoms with Crippen molar-refractivity contribution in [3.63, 3.8) is 0 Å². The first-order valence-corrected chi connectivity index (χ1v) is 9.52. The summed E-state index contributed by atoms with van der Waals surface area (Å²) in [6.07, 6.45) is 1.65. The van der Waals surface area contributed by atoms with Crippen LogP contribution in [0.25, 0.3) is 11.3 Å². The fourth-order valence-corrected chi connectivity index (χ4v) is 3.84. The maximum Gasteiger partial charge on any atom is 0.254 e. The maximum absolute atomic E-state index is 13.1. The number of aromatic nitrogens is 2. The summed E-state index contributed by atoms with van der Waals surface area (Å²) < 4.78 is 5.39. The first-order chi connectivity index (χ1) is 13.5. The molecule has 3 aromatic rings. The van der Waals surface area contributed by atoms with E-state index in [4.69, 9.17) is 4.74 Å². The highest BCUT2D eigenvalue weighted by Gasteiger charge is 2.33. The SMILES string of the molecule is COc1cn[nH]c1-c1cc(C(=O)N2CC(c3ccc(C)cc3)C2)c(C)cc1C. The van der Waals surface area contributed by atoms with Crippen LogP contribution in [0.5, 0.6) is 5.75 Å². The molecule has 144 valence electrons. The topological polar surface area (TPSA) is 58.2 Å². The number of nitrogens with one attached hydrogen (secondary N) is 1. The van der Waals surface area contributed by atoms with Gasteiger partial charge in [-0.3, -0.25) is 9.89 Å². The molecule has 0 aliphatic carbocycles. The first kappa shape index (κ1) is 18.3. The molecule has 2 heterocycles. The Bertz CT molecular complexity index is 1010. The molecule has 4 rings (SSSR count). The molecule has 0 bridgehead atoms. The second-order valence-electron chi connectivity index (χ2n) is 7.61. The summed E-state index contributed by atoms with van der Waals surface area (Å²) in [5, 5.41) is 7.06. The lowest BCUT2D eigenvalue weighted by Gasteiger charge is -2.40. The van der Waals surface area contributed by atoms with Crippen LogP contribution in [0.15, 0.2) is 42.6 Å². The molecule has 1 N–H and O–H groups in total. The van der Waals surface area contributed by atoms with Gasteiger partial charge in [-0.25, -0.2) is 0 Å². The molecule has 1 aliphatic heterocycles. The van der Waals surface area contributed by atoms with Crippen LogP contribution in [0, 0.1) is 20.8 Å². The minimum absolute atomic E-state index is 0.0839. The Kier molecular flexibility index (Phi) is 4.67. The van der Waals surface area contributed by atoms with Crippen LogP contribution in [-0.2, 0) is 0 Å². The molecule has 0 spiro atoms. The van der Waals surface area contributed by atoms with Gasteiger partial charge >= 0.3 is 0 Å². The van der Waals surface area contributed by atoms with Gasteiger partial charge in [0.05, 0.1) is 13.3 Å². The van der Waals surface area contributed by atoms with Gasteiger partial charge in [-0.1, -0.05) is 35.9 Å². The number of carbonyl (C=O) groups is 1. The summed E-state index contributed by atoms with van der Waals surface area (Å²) >= 11 is 0. The molecule has 0 unspecified atom stereocenters. The molecular formula is C23H25N3O2. The van der Waals surface area contributed by atoms with Crippen molar-refractivity contribution in [2.75, 3.05) is 20.2 Å². The van der Waals surface area contributed by atoms with Crippen molar-refractivity contribution in [1.82, 2.24) is 15.1 Å². The lowest BCUT2D eigenvalue weighted by atomic mass is 9.89. The summed E-state index contributed by atoms with van der Waals surface area (Å²) in [7, 11) is 1.62. The van der Waals surface area contributed by atoms with E-state index in [2.05, 4.69) is 47.5 Å². The molecule has 28 heavy (non-hydrogen) atoms. The number of methoxy groups -OCH3 is 1.